The van der Waals surface area contributed by atoms with E-state index >= 15 is 0 Å². The number of thiocarbonyl (C=S) groups is 1. The van der Waals surface area contributed by atoms with Crippen molar-refractivity contribution in [2.45, 2.75) is 27.7 Å². The number of nitrogens with one attached hydrogen (secondary N) is 1. The molecule has 0 atom stereocenters. The van der Waals surface area contributed by atoms with Crippen molar-refractivity contribution >= 4 is 17.1 Å². The molecule has 0 amide bonds. The molecule has 18 heavy (non-hydrogen) atoms. The molecule has 0 heterocycles. The Morgan fingerprint density at radius 1 is 1.17 bits per heavy atom. The van der Waals surface area contributed by atoms with Crippen LogP contribution < -0.4 is 5.32 Å². The molecule has 0 saturated heterocycles. The van der Waals surface area contributed by atoms with Gasteiger partial charge in [0, 0.05) is 11.9 Å². The third-order valence-electron chi connectivity index (χ3n) is 2.64. The third-order valence-corrected chi connectivity index (χ3v) is 2.88. The van der Waals surface area contributed by atoms with E-state index in [9.17, 15) is 0 Å². The van der Waals surface area contributed by atoms with Gasteiger partial charge >= 0.3 is 0 Å². The van der Waals surface area contributed by atoms with Gasteiger partial charge in [0.2, 0.25) is 0 Å². The van der Waals surface area contributed by atoms with Gasteiger partial charge in [0.05, 0.1) is 0 Å². The molecule has 98 valence electrons. The Labute approximate surface area is 117 Å². The summed E-state index contributed by atoms with van der Waals surface area (Å²) in [6, 6.07) is 0. The van der Waals surface area contributed by atoms with Crippen LogP contribution in [-0.2, 0) is 0 Å². The number of hydrogen-bond acceptors (Lipinski definition) is 2. The first kappa shape index (κ1) is 16.6. The molecule has 0 bridgehead atoms. The molecule has 0 spiro atoms. The van der Waals surface area contributed by atoms with E-state index in [0.29, 0.717) is 0 Å². The van der Waals surface area contributed by atoms with Crippen molar-refractivity contribution in [3.63, 3.8) is 0 Å². The van der Waals surface area contributed by atoms with Gasteiger partial charge in [0.25, 0.3) is 0 Å². The smallest absolute Gasteiger partial charge is 0.0193 e. The van der Waals surface area contributed by atoms with Gasteiger partial charge in [0.15, 0.2) is 0 Å². The lowest BCUT2D eigenvalue weighted by Gasteiger charge is -2.12. The van der Waals surface area contributed by atoms with Crippen LogP contribution in [0.5, 0.6) is 0 Å². The minimum absolute atomic E-state index is 0.801. The van der Waals surface area contributed by atoms with E-state index in [2.05, 4.69) is 37.6 Å². The van der Waals surface area contributed by atoms with Crippen LogP contribution in [0.15, 0.2) is 59.4 Å². The maximum atomic E-state index is 5.19. The van der Waals surface area contributed by atoms with Crippen LogP contribution in [0.3, 0.4) is 0 Å². The van der Waals surface area contributed by atoms with Crippen molar-refractivity contribution < 1.29 is 0 Å². The van der Waals surface area contributed by atoms with Crippen molar-refractivity contribution in [3.05, 3.63) is 59.4 Å². The van der Waals surface area contributed by atoms with Gasteiger partial charge in [-0.05, 0) is 62.3 Å². The molecular formula is C16H23NS. The SMILES string of the molecule is C=C(C)/C(=C/C(=C\C)C(/C)=C/NC)C(=C)C(C)=S. The molecule has 0 fully saturated rings. The second kappa shape index (κ2) is 7.83. The summed E-state index contributed by atoms with van der Waals surface area (Å²) in [6.45, 7) is 16.0. The average Bonchev–Trinajstić information content (AvgIpc) is 2.29. The fraction of sp³-hybridized carbons (Fsp3) is 0.312. The lowest BCUT2D eigenvalue weighted by atomic mass is 9.95. The Bertz CT molecular complexity index is 448. The second-order valence-electron chi connectivity index (χ2n) is 4.23. The van der Waals surface area contributed by atoms with Crippen molar-refractivity contribution in [1.29, 1.82) is 0 Å². The highest BCUT2D eigenvalue weighted by molar-refractivity contribution is 7.80. The molecule has 0 aliphatic carbocycles. The van der Waals surface area contributed by atoms with E-state index < -0.39 is 0 Å². The highest BCUT2D eigenvalue weighted by Gasteiger charge is 2.07. The van der Waals surface area contributed by atoms with Gasteiger partial charge in [-0.25, -0.2) is 0 Å². The van der Waals surface area contributed by atoms with Crippen molar-refractivity contribution in [1.82, 2.24) is 5.32 Å². The first-order valence-corrected chi connectivity index (χ1v) is 6.34. The average molecular weight is 261 g/mol. The number of hydrogen-bond donors (Lipinski definition) is 1. The normalized spacial score (nSPS) is 13.3. The molecule has 0 aromatic rings. The zero-order valence-corrected chi connectivity index (χ0v) is 12.9. The lowest BCUT2D eigenvalue weighted by Crippen LogP contribution is -2.00. The summed E-state index contributed by atoms with van der Waals surface area (Å²) in [6.07, 6.45) is 6.12. The zero-order chi connectivity index (χ0) is 14.3. The quantitative estimate of drug-likeness (QED) is 0.429. The number of rotatable bonds is 6. The predicted molar refractivity (Wildman–Crippen MR) is 86.9 cm³/mol. The van der Waals surface area contributed by atoms with E-state index in [-0.39, 0.29) is 0 Å². The minimum atomic E-state index is 0.801. The Morgan fingerprint density at radius 2 is 1.72 bits per heavy atom. The third kappa shape index (κ3) is 4.84. The summed E-state index contributed by atoms with van der Waals surface area (Å²) in [4.78, 5) is 0.801. The summed E-state index contributed by atoms with van der Waals surface area (Å²) < 4.78 is 0. The zero-order valence-electron chi connectivity index (χ0n) is 12.1. The van der Waals surface area contributed by atoms with Crippen molar-refractivity contribution in [2.75, 3.05) is 7.05 Å². The monoisotopic (exact) mass is 261 g/mol. The highest BCUT2D eigenvalue weighted by Crippen LogP contribution is 2.22. The molecule has 1 N–H and O–H groups in total. The summed E-state index contributed by atoms with van der Waals surface area (Å²) in [5.74, 6) is 0. The van der Waals surface area contributed by atoms with E-state index in [1.165, 1.54) is 0 Å². The van der Waals surface area contributed by atoms with Crippen LogP contribution in [0.2, 0.25) is 0 Å². The molecular weight excluding hydrogens is 238 g/mol. The molecule has 0 aliphatic rings. The standard InChI is InChI=1S/C16H23NS/c1-8-15(12(4)10-17-7)9-16(11(2)3)13(5)14(6)18/h8-10,17H,2,5H2,1,3-4,6-7H3/b12-10+,15-8+,16-9-. The van der Waals surface area contributed by atoms with Gasteiger partial charge in [-0.1, -0.05) is 37.0 Å². The van der Waals surface area contributed by atoms with Gasteiger partial charge < -0.3 is 5.32 Å². The van der Waals surface area contributed by atoms with Crippen LogP contribution in [0.4, 0.5) is 0 Å². The molecule has 0 saturated carbocycles. The van der Waals surface area contributed by atoms with E-state index in [1.807, 2.05) is 34.0 Å². The van der Waals surface area contributed by atoms with Gasteiger partial charge in [-0.15, -0.1) is 0 Å². The van der Waals surface area contributed by atoms with Crippen LogP contribution in [-0.4, -0.2) is 11.9 Å². The molecule has 0 aromatic carbocycles. The van der Waals surface area contributed by atoms with E-state index in [1.54, 1.807) is 0 Å². The molecule has 0 radical (unpaired) electrons. The fourth-order valence-electron chi connectivity index (χ4n) is 1.54. The van der Waals surface area contributed by atoms with E-state index in [4.69, 9.17) is 12.2 Å². The first-order chi connectivity index (χ1) is 8.34. The fourth-order valence-corrected chi connectivity index (χ4v) is 1.65. The largest absolute Gasteiger partial charge is 0.394 e. The van der Waals surface area contributed by atoms with Crippen molar-refractivity contribution in [3.8, 4) is 0 Å². The Kier molecular flexibility index (Phi) is 7.21. The Hall–Kier alpha value is -1.41. The second-order valence-corrected chi connectivity index (χ2v) is 4.85. The Balaban J connectivity index is 5.56. The summed E-state index contributed by atoms with van der Waals surface area (Å²) in [5.41, 5.74) is 5.16. The summed E-state index contributed by atoms with van der Waals surface area (Å²) in [7, 11) is 1.89. The first-order valence-electron chi connectivity index (χ1n) is 5.93. The highest BCUT2D eigenvalue weighted by atomic mass is 32.1. The number of allylic oxidation sites excluding steroid dienone is 7. The topological polar surface area (TPSA) is 12.0 Å². The molecule has 0 aliphatic heterocycles. The lowest BCUT2D eigenvalue weighted by molar-refractivity contribution is 1.08. The van der Waals surface area contributed by atoms with Gasteiger partial charge in [0.1, 0.15) is 0 Å². The molecule has 0 rings (SSSR count). The Morgan fingerprint density at radius 3 is 2.06 bits per heavy atom. The van der Waals surface area contributed by atoms with Crippen LogP contribution in [0.25, 0.3) is 0 Å². The van der Waals surface area contributed by atoms with Crippen LogP contribution >= 0.6 is 12.2 Å². The maximum absolute atomic E-state index is 5.19. The molecule has 0 unspecified atom stereocenters. The molecule has 1 nitrogen and oxygen atoms in total. The van der Waals surface area contributed by atoms with E-state index in [0.717, 1.165) is 32.7 Å². The minimum Gasteiger partial charge on any atom is -0.394 e. The molecule has 0 aromatic heterocycles. The summed E-state index contributed by atoms with van der Waals surface area (Å²) >= 11 is 5.19. The van der Waals surface area contributed by atoms with Crippen LogP contribution in [0.1, 0.15) is 27.7 Å². The van der Waals surface area contributed by atoms with Gasteiger partial charge in [-0.3, -0.25) is 0 Å². The molecule has 2 heteroatoms. The van der Waals surface area contributed by atoms with Crippen LogP contribution in [0, 0.1) is 0 Å². The predicted octanol–water partition coefficient (Wildman–Crippen LogP) is 4.50. The maximum Gasteiger partial charge on any atom is 0.0193 e. The summed E-state index contributed by atoms with van der Waals surface area (Å²) in [5, 5.41) is 3.03. The van der Waals surface area contributed by atoms with Gasteiger partial charge in [-0.2, -0.15) is 0 Å². The van der Waals surface area contributed by atoms with Crippen molar-refractivity contribution in [2.24, 2.45) is 0 Å².